The minimum Gasteiger partial charge on any atom is -0.220 e. The van der Waals surface area contributed by atoms with E-state index in [0.717, 1.165) is 0 Å². The van der Waals surface area contributed by atoms with Crippen LogP contribution in [0.2, 0.25) is 0 Å². The molecule has 1 rings (SSSR count). The van der Waals surface area contributed by atoms with Crippen molar-refractivity contribution in [3.8, 4) is 0 Å². The third-order valence-corrected chi connectivity index (χ3v) is 9.48. The molecule has 2 heteroatoms. The van der Waals surface area contributed by atoms with E-state index in [1.165, 1.54) is 24.3 Å². The molecule has 0 atom stereocenters. The summed E-state index contributed by atoms with van der Waals surface area (Å²) < 4.78 is 0. The Morgan fingerprint density at radius 1 is 0.667 bits per heavy atom. The van der Waals surface area contributed by atoms with Gasteiger partial charge in [-0.2, -0.15) is 0 Å². The molecule has 106 valence electrons. The highest BCUT2D eigenvalue weighted by Crippen LogP contribution is 2.53. The largest absolute Gasteiger partial charge is 0.220 e. The van der Waals surface area contributed by atoms with Gasteiger partial charge in [-0.1, -0.05) is 13.8 Å². The van der Waals surface area contributed by atoms with Gasteiger partial charge in [-0.05, 0) is 83.4 Å². The van der Waals surface area contributed by atoms with Crippen molar-refractivity contribution in [2.45, 2.75) is 36.5 Å². The van der Waals surface area contributed by atoms with Crippen molar-refractivity contribution >= 4 is 20.1 Å². The van der Waals surface area contributed by atoms with Crippen molar-refractivity contribution in [3.63, 3.8) is 0 Å². The molecule has 0 aliphatic rings. The van der Waals surface area contributed by atoms with Crippen LogP contribution in [-0.2, 0) is 0 Å². The first-order valence-corrected chi connectivity index (χ1v) is 12.1. The molecule has 0 radical (unpaired) electrons. The minimum atomic E-state index is -0.576. The molecular formula is C16H30S2. The lowest BCUT2D eigenvalue weighted by molar-refractivity contribution is 1.09. The molecule has 0 N–H and O–H groups in total. The molecule has 0 amide bonds. The highest BCUT2D eigenvalue weighted by molar-refractivity contribution is 8.33. The van der Waals surface area contributed by atoms with Crippen LogP contribution in [0.15, 0.2) is 34.1 Å². The number of rotatable bonds is 6. The van der Waals surface area contributed by atoms with E-state index in [1.807, 2.05) is 0 Å². The van der Waals surface area contributed by atoms with E-state index in [2.05, 4.69) is 63.1 Å². The lowest BCUT2D eigenvalue weighted by atomic mass is 10.4. The summed E-state index contributed by atoms with van der Waals surface area (Å²) in [5.74, 6) is 2.69. The van der Waals surface area contributed by atoms with Crippen molar-refractivity contribution < 1.29 is 0 Å². The van der Waals surface area contributed by atoms with Gasteiger partial charge in [-0.15, -0.1) is 0 Å². The van der Waals surface area contributed by atoms with Gasteiger partial charge in [0.1, 0.15) is 0 Å². The van der Waals surface area contributed by atoms with Crippen molar-refractivity contribution in [2.75, 3.05) is 36.5 Å². The summed E-state index contributed by atoms with van der Waals surface area (Å²) in [5, 5.41) is 0. The Kier molecular flexibility index (Phi) is 5.67. The van der Waals surface area contributed by atoms with Crippen molar-refractivity contribution in [1.29, 1.82) is 0 Å². The molecule has 1 aromatic rings. The number of hydrogen-bond acceptors (Lipinski definition) is 0. The second-order valence-electron chi connectivity index (χ2n) is 5.96. The van der Waals surface area contributed by atoms with Gasteiger partial charge in [0.2, 0.25) is 0 Å². The topological polar surface area (TPSA) is 0 Å². The van der Waals surface area contributed by atoms with Gasteiger partial charge in [-0.25, -0.2) is 20.1 Å². The van der Waals surface area contributed by atoms with E-state index in [9.17, 15) is 0 Å². The average molecular weight is 287 g/mol. The highest BCUT2D eigenvalue weighted by atomic mass is 32.3. The predicted molar refractivity (Wildman–Crippen MR) is 92.2 cm³/mol. The number of benzene rings is 1. The molecule has 0 heterocycles. The summed E-state index contributed by atoms with van der Waals surface area (Å²) in [5.41, 5.74) is 0. The van der Waals surface area contributed by atoms with Crippen molar-refractivity contribution in [3.05, 3.63) is 24.3 Å². The Hall–Kier alpha value is -0.0800. The first-order chi connectivity index (χ1) is 8.33. The van der Waals surface area contributed by atoms with Crippen LogP contribution in [0.3, 0.4) is 0 Å². The van der Waals surface area contributed by atoms with E-state index in [1.54, 1.807) is 9.79 Å². The van der Waals surface area contributed by atoms with Gasteiger partial charge in [0.05, 0.1) is 0 Å². The maximum Gasteiger partial charge on any atom is -0.0103 e. The highest BCUT2D eigenvalue weighted by Gasteiger charge is 2.16. The van der Waals surface area contributed by atoms with E-state index in [0.29, 0.717) is 0 Å². The van der Waals surface area contributed by atoms with E-state index in [-0.39, 0.29) is 0 Å². The molecule has 18 heavy (non-hydrogen) atoms. The summed E-state index contributed by atoms with van der Waals surface area (Å²) >= 11 is 0. The fourth-order valence-corrected chi connectivity index (χ4v) is 6.69. The van der Waals surface area contributed by atoms with Crippen LogP contribution in [-0.4, -0.2) is 36.5 Å². The first-order valence-electron chi connectivity index (χ1n) is 6.85. The summed E-state index contributed by atoms with van der Waals surface area (Å²) in [6, 6.07) is 9.57. The fourth-order valence-electron chi connectivity index (χ4n) is 2.43. The molecule has 1 aromatic carbocycles. The summed E-state index contributed by atoms with van der Waals surface area (Å²) in [6.45, 7) is 4.58. The van der Waals surface area contributed by atoms with Crippen LogP contribution in [0.25, 0.3) is 0 Å². The van der Waals surface area contributed by atoms with Gasteiger partial charge < -0.3 is 0 Å². The lowest BCUT2D eigenvalue weighted by Crippen LogP contribution is -2.04. The van der Waals surface area contributed by atoms with Crippen LogP contribution < -0.4 is 0 Å². The Morgan fingerprint density at radius 3 is 1.17 bits per heavy atom. The molecule has 0 bridgehead atoms. The molecule has 0 aliphatic heterocycles. The summed E-state index contributed by atoms with van der Waals surface area (Å²) in [4.78, 5) is 3.14. The Morgan fingerprint density at radius 2 is 0.944 bits per heavy atom. The third-order valence-electron chi connectivity index (χ3n) is 3.53. The summed E-state index contributed by atoms with van der Waals surface area (Å²) in [7, 11) is -1.15. The van der Waals surface area contributed by atoms with Crippen LogP contribution in [0.1, 0.15) is 26.7 Å². The summed E-state index contributed by atoms with van der Waals surface area (Å²) in [6.07, 6.45) is 12.3. The fraction of sp³-hybridized carbons (Fsp3) is 0.625. The van der Waals surface area contributed by atoms with Crippen LogP contribution >= 0.6 is 20.1 Å². The molecule has 0 nitrogen and oxygen atoms in total. The molecule has 0 aromatic heterocycles. The van der Waals surface area contributed by atoms with E-state index in [4.69, 9.17) is 0 Å². The minimum absolute atomic E-state index is 0.576. The first kappa shape index (κ1) is 16.0. The van der Waals surface area contributed by atoms with Gasteiger partial charge in [0, 0.05) is 0 Å². The van der Waals surface area contributed by atoms with Crippen LogP contribution in [0, 0.1) is 0 Å². The Labute approximate surface area is 117 Å². The zero-order valence-electron chi connectivity index (χ0n) is 13.0. The predicted octanol–water partition coefficient (Wildman–Crippen LogP) is 5.35. The van der Waals surface area contributed by atoms with Gasteiger partial charge >= 0.3 is 0 Å². The second-order valence-corrected chi connectivity index (χ2v) is 13.9. The van der Waals surface area contributed by atoms with Gasteiger partial charge in [-0.3, -0.25) is 0 Å². The van der Waals surface area contributed by atoms with E-state index < -0.39 is 20.1 Å². The van der Waals surface area contributed by atoms with Crippen LogP contribution in [0.4, 0.5) is 0 Å². The molecule has 0 fully saturated rings. The van der Waals surface area contributed by atoms with Gasteiger partial charge in [0.15, 0.2) is 0 Å². The Bertz CT molecular complexity index is 326. The molecule has 0 saturated heterocycles. The van der Waals surface area contributed by atoms with Crippen molar-refractivity contribution in [2.24, 2.45) is 0 Å². The average Bonchev–Trinajstić information content (AvgIpc) is 2.29. The zero-order valence-corrected chi connectivity index (χ0v) is 14.6. The van der Waals surface area contributed by atoms with Crippen LogP contribution in [0.5, 0.6) is 0 Å². The molecule has 0 aliphatic carbocycles. The third kappa shape index (κ3) is 3.96. The normalized spacial score (nSPS) is 14.6. The van der Waals surface area contributed by atoms with E-state index >= 15 is 0 Å². The standard InChI is InChI=1S/C16H30S2/c1-7-13-17(3,4)15-9-11-16(12-10-15)18(5,6)14-8-2/h9-12H,7-8,13-14H2,1-6H3. The molecule has 0 spiro atoms. The Balaban J connectivity index is 2.92. The lowest BCUT2D eigenvalue weighted by Gasteiger charge is -2.34. The number of hydrogen-bond donors (Lipinski definition) is 0. The smallest absolute Gasteiger partial charge is 0.0103 e. The maximum absolute atomic E-state index is 2.44. The quantitative estimate of drug-likeness (QED) is 0.661. The van der Waals surface area contributed by atoms with Gasteiger partial charge in [0.25, 0.3) is 0 Å². The monoisotopic (exact) mass is 286 g/mol. The molecule has 0 unspecified atom stereocenters. The SMILES string of the molecule is CCCS(C)(C)c1ccc(S(C)(C)CCC)cc1. The second kappa shape index (κ2) is 6.38. The van der Waals surface area contributed by atoms with Crippen molar-refractivity contribution in [1.82, 2.24) is 0 Å². The molecular weight excluding hydrogens is 256 g/mol. The zero-order chi connectivity index (χ0) is 13.8. The maximum atomic E-state index is 2.44. The molecule has 0 saturated carbocycles.